The lowest BCUT2D eigenvalue weighted by Gasteiger charge is -2.09. The highest BCUT2D eigenvalue weighted by Crippen LogP contribution is 2.12. The van der Waals surface area contributed by atoms with Crippen molar-refractivity contribution in [1.82, 2.24) is 0 Å². The van der Waals surface area contributed by atoms with E-state index in [2.05, 4.69) is 6.92 Å². The van der Waals surface area contributed by atoms with Gasteiger partial charge in [0.25, 0.3) is 0 Å². The van der Waals surface area contributed by atoms with Crippen molar-refractivity contribution in [3.05, 3.63) is 0 Å². The number of unbranched alkanes of at least 4 members (excludes halogenated alkanes) is 7. The standard InChI is InChI=1S/C14H30O2/c1-2-3-4-8-11-14(16)12-9-6-5-7-10-13-15/h14-16H,2-13H2,1H3. The lowest BCUT2D eigenvalue weighted by molar-refractivity contribution is 0.147. The first kappa shape index (κ1) is 15.9. The molecule has 0 spiro atoms. The first-order valence-electron chi connectivity index (χ1n) is 7.10. The summed E-state index contributed by atoms with van der Waals surface area (Å²) >= 11 is 0. The number of hydrogen-bond acceptors (Lipinski definition) is 2. The minimum Gasteiger partial charge on any atom is -0.396 e. The van der Waals surface area contributed by atoms with E-state index in [0.717, 1.165) is 32.1 Å². The summed E-state index contributed by atoms with van der Waals surface area (Å²) in [6.07, 6.45) is 12.5. The Morgan fingerprint density at radius 1 is 0.750 bits per heavy atom. The van der Waals surface area contributed by atoms with Crippen LogP contribution in [-0.2, 0) is 0 Å². The lowest BCUT2D eigenvalue weighted by atomic mass is 10.0. The van der Waals surface area contributed by atoms with E-state index in [9.17, 15) is 5.11 Å². The number of aliphatic hydroxyl groups is 2. The van der Waals surface area contributed by atoms with Gasteiger partial charge in [-0.1, -0.05) is 58.3 Å². The van der Waals surface area contributed by atoms with Crippen LogP contribution in [0, 0.1) is 0 Å². The first-order chi connectivity index (χ1) is 7.81. The predicted octanol–water partition coefficient (Wildman–Crippen LogP) is 3.65. The third kappa shape index (κ3) is 12.0. The molecule has 0 aliphatic carbocycles. The van der Waals surface area contributed by atoms with Gasteiger partial charge in [-0.05, 0) is 19.3 Å². The Hall–Kier alpha value is -0.0800. The molecule has 0 aromatic carbocycles. The molecule has 0 saturated heterocycles. The number of hydrogen-bond donors (Lipinski definition) is 2. The molecule has 1 atom stereocenters. The minimum absolute atomic E-state index is 0.0744. The maximum absolute atomic E-state index is 9.71. The quantitative estimate of drug-likeness (QED) is 0.502. The van der Waals surface area contributed by atoms with E-state index in [1.54, 1.807) is 0 Å². The Balaban J connectivity index is 3.08. The van der Waals surface area contributed by atoms with Crippen molar-refractivity contribution in [3.8, 4) is 0 Å². The van der Waals surface area contributed by atoms with Crippen molar-refractivity contribution in [3.63, 3.8) is 0 Å². The molecule has 0 aliphatic heterocycles. The molecule has 0 saturated carbocycles. The Kier molecular flexibility index (Phi) is 12.9. The number of rotatable bonds is 12. The maximum atomic E-state index is 9.71. The Bertz CT molecular complexity index is 126. The van der Waals surface area contributed by atoms with Gasteiger partial charge in [0.2, 0.25) is 0 Å². The van der Waals surface area contributed by atoms with E-state index in [4.69, 9.17) is 5.11 Å². The molecule has 2 N–H and O–H groups in total. The van der Waals surface area contributed by atoms with Crippen molar-refractivity contribution in [1.29, 1.82) is 0 Å². The van der Waals surface area contributed by atoms with Crippen LogP contribution in [0.25, 0.3) is 0 Å². The fourth-order valence-electron chi connectivity index (χ4n) is 1.97. The van der Waals surface area contributed by atoms with Gasteiger partial charge in [-0.3, -0.25) is 0 Å². The molecule has 0 amide bonds. The second-order valence-electron chi connectivity index (χ2n) is 4.78. The van der Waals surface area contributed by atoms with E-state index in [1.807, 2.05) is 0 Å². The van der Waals surface area contributed by atoms with Crippen molar-refractivity contribution in [2.24, 2.45) is 0 Å². The predicted molar refractivity (Wildman–Crippen MR) is 69.6 cm³/mol. The highest BCUT2D eigenvalue weighted by Gasteiger charge is 2.03. The molecule has 1 unspecified atom stereocenters. The van der Waals surface area contributed by atoms with Crippen LogP contribution in [0.4, 0.5) is 0 Å². The van der Waals surface area contributed by atoms with Gasteiger partial charge >= 0.3 is 0 Å². The summed E-state index contributed by atoms with van der Waals surface area (Å²) in [6.45, 7) is 2.53. The van der Waals surface area contributed by atoms with Gasteiger partial charge in [-0.25, -0.2) is 0 Å². The van der Waals surface area contributed by atoms with Crippen molar-refractivity contribution >= 4 is 0 Å². The zero-order chi connectivity index (χ0) is 12.1. The molecule has 0 aromatic rings. The van der Waals surface area contributed by atoms with Gasteiger partial charge in [0.05, 0.1) is 6.10 Å². The van der Waals surface area contributed by atoms with Crippen LogP contribution in [0.5, 0.6) is 0 Å². The minimum atomic E-state index is -0.0744. The third-order valence-corrected chi connectivity index (χ3v) is 3.09. The molecular formula is C14H30O2. The van der Waals surface area contributed by atoms with Gasteiger partial charge in [-0.15, -0.1) is 0 Å². The fraction of sp³-hybridized carbons (Fsp3) is 1.00. The summed E-state index contributed by atoms with van der Waals surface area (Å²) in [5.74, 6) is 0. The monoisotopic (exact) mass is 230 g/mol. The molecule has 2 nitrogen and oxygen atoms in total. The van der Waals surface area contributed by atoms with Crippen LogP contribution in [-0.4, -0.2) is 22.9 Å². The molecule has 0 rings (SSSR count). The van der Waals surface area contributed by atoms with E-state index < -0.39 is 0 Å². The highest BCUT2D eigenvalue weighted by molar-refractivity contribution is 4.57. The van der Waals surface area contributed by atoms with Crippen molar-refractivity contribution in [2.45, 2.75) is 83.7 Å². The van der Waals surface area contributed by atoms with Crippen LogP contribution >= 0.6 is 0 Å². The zero-order valence-corrected chi connectivity index (χ0v) is 11.0. The molecule has 98 valence electrons. The zero-order valence-electron chi connectivity index (χ0n) is 11.0. The molecule has 0 aliphatic rings. The summed E-state index contributed by atoms with van der Waals surface area (Å²) in [4.78, 5) is 0. The van der Waals surface area contributed by atoms with Gasteiger partial charge < -0.3 is 10.2 Å². The summed E-state index contributed by atoms with van der Waals surface area (Å²) < 4.78 is 0. The van der Waals surface area contributed by atoms with Crippen LogP contribution in [0.1, 0.15) is 77.6 Å². The average molecular weight is 230 g/mol. The Morgan fingerprint density at radius 2 is 1.25 bits per heavy atom. The average Bonchev–Trinajstić information content (AvgIpc) is 2.29. The normalized spacial score (nSPS) is 12.9. The Morgan fingerprint density at radius 3 is 1.81 bits per heavy atom. The second kappa shape index (κ2) is 13.0. The molecule has 0 fully saturated rings. The van der Waals surface area contributed by atoms with Crippen LogP contribution in [0.2, 0.25) is 0 Å². The molecule has 0 aromatic heterocycles. The highest BCUT2D eigenvalue weighted by atomic mass is 16.3. The number of aliphatic hydroxyl groups excluding tert-OH is 2. The molecule has 16 heavy (non-hydrogen) atoms. The van der Waals surface area contributed by atoms with E-state index in [0.29, 0.717) is 6.61 Å². The van der Waals surface area contributed by atoms with Crippen LogP contribution in [0.3, 0.4) is 0 Å². The van der Waals surface area contributed by atoms with E-state index in [1.165, 1.54) is 38.5 Å². The maximum Gasteiger partial charge on any atom is 0.0540 e. The van der Waals surface area contributed by atoms with Gasteiger partial charge in [0, 0.05) is 6.61 Å². The smallest absolute Gasteiger partial charge is 0.0540 e. The van der Waals surface area contributed by atoms with E-state index >= 15 is 0 Å². The van der Waals surface area contributed by atoms with Crippen LogP contribution < -0.4 is 0 Å². The largest absolute Gasteiger partial charge is 0.396 e. The summed E-state index contributed by atoms with van der Waals surface area (Å²) in [5, 5.41) is 18.3. The van der Waals surface area contributed by atoms with Gasteiger partial charge in [-0.2, -0.15) is 0 Å². The lowest BCUT2D eigenvalue weighted by Crippen LogP contribution is -2.05. The van der Waals surface area contributed by atoms with Crippen molar-refractivity contribution in [2.75, 3.05) is 6.61 Å². The molecule has 0 heterocycles. The van der Waals surface area contributed by atoms with Gasteiger partial charge in [0.1, 0.15) is 0 Å². The Labute approximate surface area is 101 Å². The first-order valence-corrected chi connectivity index (χ1v) is 7.10. The third-order valence-electron chi connectivity index (χ3n) is 3.09. The summed E-state index contributed by atoms with van der Waals surface area (Å²) in [5.41, 5.74) is 0. The summed E-state index contributed by atoms with van der Waals surface area (Å²) in [6, 6.07) is 0. The molecule has 0 bridgehead atoms. The van der Waals surface area contributed by atoms with Gasteiger partial charge in [0.15, 0.2) is 0 Å². The SMILES string of the molecule is CCCCCCC(O)CCCCCCCO. The topological polar surface area (TPSA) is 40.5 Å². The fourth-order valence-corrected chi connectivity index (χ4v) is 1.97. The summed E-state index contributed by atoms with van der Waals surface area (Å²) in [7, 11) is 0. The van der Waals surface area contributed by atoms with E-state index in [-0.39, 0.29) is 6.10 Å². The van der Waals surface area contributed by atoms with Crippen LogP contribution in [0.15, 0.2) is 0 Å². The molecule has 0 radical (unpaired) electrons. The second-order valence-corrected chi connectivity index (χ2v) is 4.78. The molecular weight excluding hydrogens is 200 g/mol. The van der Waals surface area contributed by atoms with Crippen molar-refractivity contribution < 1.29 is 10.2 Å². The molecule has 2 heteroatoms.